The number of hydrogen-bond acceptors (Lipinski definition) is 3. The van der Waals surface area contributed by atoms with E-state index in [9.17, 15) is 4.79 Å². The quantitative estimate of drug-likeness (QED) is 0.873. The first-order valence-electron chi connectivity index (χ1n) is 6.28. The maximum Gasteiger partial charge on any atom is 0.407 e. The standard InChI is InChI=1S/C14H17ClN2O3/c1-3-12(6-7-17(2)14(18)19)20-13-8-11(15)5-4-10(13)9-16/h4-5,8,12H,3,6-7H2,1-2H3,(H,18,19). The van der Waals surface area contributed by atoms with Crippen molar-refractivity contribution in [3.63, 3.8) is 0 Å². The van der Waals surface area contributed by atoms with Crippen molar-refractivity contribution in [3.05, 3.63) is 28.8 Å². The fraction of sp³-hybridized carbons (Fsp3) is 0.429. The minimum Gasteiger partial charge on any atom is -0.489 e. The average Bonchev–Trinajstić information content (AvgIpc) is 2.43. The highest BCUT2D eigenvalue weighted by Crippen LogP contribution is 2.25. The Kier molecular flexibility index (Phi) is 6.13. The minimum absolute atomic E-state index is 0.164. The van der Waals surface area contributed by atoms with Gasteiger partial charge in [0.1, 0.15) is 17.9 Å². The molecule has 0 fully saturated rings. The van der Waals surface area contributed by atoms with Gasteiger partial charge in [-0.1, -0.05) is 18.5 Å². The average molecular weight is 297 g/mol. The molecule has 1 aromatic rings. The van der Waals surface area contributed by atoms with Crippen molar-refractivity contribution in [1.82, 2.24) is 4.90 Å². The van der Waals surface area contributed by atoms with E-state index in [1.807, 2.05) is 13.0 Å². The van der Waals surface area contributed by atoms with Gasteiger partial charge < -0.3 is 14.7 Å². The molecule has 0 saturated heterocycles. The Morgan fingerprint density at radius 2 is 2.30 bits per heavy atom. The smallest absolute Gasteiger partial charge is 0.407 e. The molecule has 0 bridgehead atoms. The monoisotopic (exact) mass is 296 g/mol. The van der Waals surface area contributed by atoms with Crippen LogP contribution in [0.5, 0.6) is 5.75 Å². The minimum atomic E-state index is -0.972. The van der Waals surface area contributed by atoms with E-state index in [1.54, 1.807) is 18.2 Å². The van der Waals surface area contributed by atoms with Crippen molar-refractivity contribution < 1.29 is 14.6 Å². The first kappa shape index (κ1) is 16.1. The molecule has 0 aliphatic rings. The lowest BCUT2D eigenvalue weighted by Crippen LogP contribution is -2.29. The fourth-order valence-electron chi connectivity index (χ4n) is 1.65. The van der Waals surface area contributed by atoms with Crippen LogP contribution in [0.2, 0.25) is 5.02 Å². The van der Waals surface area contributed by atoms with Crippen LogP contribution in [0.3, 0.4) is 0 Å². The van der Waals surface area contributed by atoms with Gasteiger partial charge >= 0.3 is 6.09 Å². The van der Waals surface area contributed by atoms with E-state index >= 15 is 0 Å². The number of carbonyl (C=O) groups is 1. The van der Waals surface area contributed by atoms with Crippen LogP contribution in [0.15, 0.2) is 18.2 Å². The predicted octanol–water partition coefficient (Wildman–Crippen LogP) is 3.37. The van der Waals surface area contributed by atoms with E-state index in [1.165, 1.54) is 11.9 Å². The second-order valence-electron chi connectivity index (χ2n) is 4.39. The summed E-state index contributed by atoms with van der Waals surface area (Å²) in [4.78, 5) is 11.9. The number of nitrogens with zero attached hydrogens (tertiary/aromatic N) is 2. The molecule has 0 aromatic heterocycles. The summed E-state index contributed by atoms with van der Waals surface area (Å²) in [5.41, 5.74) is 0.416. The number of rotatable bonds is 6. The third kappa shape index (κ3) is 4.63. The van der Waals surface area contributed by atoms with Gasteiger partial charge in [0.05, 0.1) is 5.56 Å². The van der Waals surface area contributed by atoms with Crippen LogP contribution in [0.1, 0.15) is 25.3 Å². The SMILES string of the molecule is CCC(CCN(C)C(=O)O)Oc1cc(Cl)ccc1C#N. The number of benzene rings is 1. The largest absolute Gasteiger partial charge is 0.489 e. The molecule has 0 heterocycles. The zero-order valence-electron chi connectivity index (χ0n) is 11.5. The molecule has 0 radical (unpaired) electrons. The molecular weight excluding hydrogens is 280 g/mol. The number of ether oxygens (including phenoxy) is 1. The Morgan fingerprint density at radius 3 is 2.85 bits per heavy atom. The lowest BCUT2D eigenvalue weighted by molar-refractivity contribution is 0.138. The summed E-state index contributed by atoms with van der Waals surface area (Å²) < 4.78 is 5.77. The van der Waals surface area contributed by atoms with E-state index in [0.717, 1.165) is 0 Å². The highest BCUT2D eigenvalue weighted by Gasteiger charge is 2.14. The summed E-state index contributed by atoms with van der Waals surface area (Å²) in [6.45, 7) is 2.32. The topological polar surface area (TPSA) is 73.6 Å². The fourth-order valence-corrected chi connectivity index (χ4v) is 1.81. The summed E-state index contributed by atoms with van der Waals surface area (Å²) in [5, 5.41) is 18.3. The second-order valence-corrected chi connectivity index (χ2v) is 4.83. The van der Waals surface area contributed by atoms with Gasteiger partial charge in [0.2, 0.25) is 0 Å². The highest BCUT2D eigenvalue weighted by atomic mass is 35.5. The third-order valence-electron chi connectivity index (χ3n) is 2.93. The number of amides is 1. The van der Waals surface area contributed by atoms with Crippen LogP contribution in [-0.4, -0.2) is 35.8 Å². The van der Waals surface area contributed by atoms with E-state index in [2.05, 4.69) is 0 Å². The number of hydrogen-bond donors (Lipinski definition) is 1. The van der Waals surface area contributed by atoms with Crippen LogP contribution in [0, 0.1) is 11.3 Å². The summed E-state index contributed by atoms with van der Waals surface area (Å²) in [6, 6.07) is 6.88. The third-order valence-corrected chi connectivity index (χ3v) is 3.16. The Hall–Kier alpha value is -1.93. The molecule has 108 valence electrons. The van der Waals surface area contributed by atoms with Crippen LogP contribution in [0.4, 0.5) is 4.79 Å². The number of halogens is 1. The Bertz CT molecular complexity index is 514. The van der Waals surface area contributed by atoms with Crippen molar-refractivity contribution in [2.24, 2.45) is 0 Å². The van der Waals surface area contributed by atoms with E-state index in [-0.39, 0.29) is 6.10 Å². The van der Waals surface area contributed by atoms with Crippen LogP contribution >= 0.6 is 11.6 Å². The van der Waals surface area contributed by atoms with Crippen molar-refractivity contribution in [2.75, 3.05) is 13.6 Å². The van der Waals surface area contributed by atoms with Crippen molar-refractivity contribution in [3.8, 4) is 11.8 Å². The molecule has 1 amide bonds. The van der Waals surface area contributed by atoms with Crippen LogP contribution in [-0.2, 0) is 0 Å². The summed E-state index contributed by atoms with van der Waals surface area (Å²) in [6.07, 6.45) is 0.129. The molecule has 1 aromatic carbocycles. The molecule has 6 heteroatoms. The Balaban J connectivity index is 2.71. The van der Waals surface area contributed by atoms with Gasteiger partial charge in [-0.25, -0.2) is 4.79 Å². The summed E-state index contributed by atoms with van der Waals surface area (Å²) >= 11 is 5.89. The number of carboxylic acid groups (broad SMARTS) is 1. The van der Waals surface area contributed by atoms with Crippen LogP contribution in [0.25, 0.3) is 0 Å². The van der Waals surface area contributed by atoms with Gasteiger partial charge in [-0.2, -0.15) is 5.26 Å². The van der Waals surface area contributed by atoms with E-state index in [0.29, 0.717) is 35.7 Å². The second kappa shape index (κ2) is 7.61. The maximum absolute atomic E-state index is 10.7. The molecule has 1 rings (SSSR count). The molecule has 0 spiro atoms. The molecule has 0 aliphatic carbocycles. The molecule has 1 unspecified atom stereocenters. The van der Waals surface area contributed by atoms with Gasteiger partial charge in [0.25, 0.3) is 0 Å². The van der Waals surface area contributed by atoms with Crippen molar-refractivity contribution in [2.45, 2.75) is 25.9 Å². The lowest BCUT2D eigenvalue weighted by atomic mass is 10.1. The molecular formula is C14H17ClN2O3. The maximum atomic E-state index is 10.7. The summed E-state index contributed by atoms with van der Waals surface area (Å²) in [7, 11) is 1.51. The molecule has 1 atom stereocenters. The van der Waals surface area contributed by atoms with Crippen LogP contribution < -0.4 is 4.74 Å². The molecule has 0 aliphatic heterocycles. The highest BCUT2D eigenvalue weighted by molar-refractivity contribution is 6.30. The van der Waals surface area contributed by atoms with Gasteiger partial charge in [-0.05, 0) is 18.6 Å². The Labute approximate surface area is 123 Å². The normalized spacial score (nSPS) is 11.5. The lowest BCUT2D eigenvalue weighted by Gasteiger charge is -2.21. The van der Waals surface area contributed by atoms with Crippen molar-refractivity contribution >= 4 is 17.7 Å². The van der Waals surface area contributed by atoms with Gasteiger partial charge in [-0.3, -0.25) is 0 Å². The molecule has 20 heavy (non-hydrogen) atoms. The molecule has 0 saturated carbocycles. The van der Waals surface area contributed by atoms with Gasteiger partial charge in [0.15, 0.2) is 0 Å². The van der Waals surface area contributed by atoms with Gasteiger partial charge in [-0.15, -0.1) is 0 Å². The van der Waals surface area contributed by atoms with Gasteiger partial charge in [0, 0.05) is 31.1 Å². The molecule has 5 nitrogen and oxygen atoms in total. The number of nitriles is 1. The zero-order valence-corrected chi connectivity index (χ0v) is 12.2. The van der Waals surface area contributed by atoms with E-state index < -0.39 is 6.09 Å². The Morgan fingerprint density at radius 1 is 1.60 bits per heavy atom. The molecule has 1 N–H and O–H groups in total. The summed E-state index contributed by atoms with van der Waals surface area (Å²) in [5.74, 6) is 0.435. The van der Waals surface area contributed by atoms with Crippen molar-refractivity contribution in [1.29, 1.82) is 5.26 Å². The predicted molar refractivity (Wildman–Crippen MR) is 76.1 cm³/mol. The van der Waals surface area contributed by atoms with E-state index in [4.69, 9.17) is 26.7 Å². The first-order valence-corrected chi connectivity index (χ1v) is 6.66. The first-order chi connectivity index (χ1) is 9.47. The zero-order chi connectivity index (χ0) is 15.1.